The molecule has 0 aliphatic rings. The lowest BCUT2D eigenvalue weighted by molar-refractivity contribution is 0.741. The van der Waals surface area contributed by atoms with Crippen LogP contribution in [0, 0.1) is 0 Å². The van der Waals surface area contributed by atoms with E-state index in [4.69, 9.17) is 0 Å². The second-order valence-electron chi connectivity index (χ2n) is 4.99. The minimum absolute atomic E-state index is 0.811. The molecule has 0 bridgehead atoms. The van der Waals surface area contributed by atoms with E-state index in [1.54, 1.807) is 0 Å². The summed E-state index contributed by atoms with van der Waals surface area (Å²) in [5.41, 5.74) is 1.08. The quantitative estimate of drug-likeness (QED) is 0.780. The smallest absolute Gasteiger partial charge is 0.133 e. The molecule has 2 heterocycles. The molecule has 0 amide bonds. The summed E-state index contributed by atoms with van der Waals surface area (Å²) >= 11 is 0. The van der Waals surface area contributed by atoms with Crippen molar-refractivity contribution in [3.8, 4) is 0 Å². The highest BCUT2D eigenvalue weighted by Crippen LogP contribution is 2.12. The van der Waals surface area contributed by atoms with Crippen molar-refractivity contribution in [1.29, 1.82) is 0 Å². The number of rotatable bonds is 8. The molecule has 0 unspecified atom stereocenters. The molecule has 0 aliphatic heterocycles. The third kappa shape index (κ3) is 4.73. The Bertz CT molecular complexity index is 539. The van der Waals surface area contributed by atoms with E-state index in [-0.39, 0.29) is 0 Å². The van der Waals surface area contributed by atoms with Crippen LogP contribution in [0.5, 0.6) is 0 Å². The Labute approximate surface area is 126 Å². The van der Waals surface area contributed by atoms with E-state index in [1.807, 2.05) is 30.1 Å². The van der Waals surface area contributed by atoms with Crippen LogP contribution in [0.15, 0.2) is 18.3 Å². The fourth-order valence-electron chi connectivity index (χ4n) is 2.11. The van der Waals surface area contributed by atoms with Crippen molar-refractivity contribution in [1.82, 2.24) is 19.7 Å². The Hall–Kier alpha value is -2.11. The Morgan fingerprint density at radius 1 is 1.10 bits per heavy atom. The fraction of sp³-hybridized carbons (Fsp3) is 0.533. The average Bonchev–Trinajstić information content (AvgIpc) is 2.85. The van der Waals surface area contributed by atoms with Crippen LogP contribution in [0.1, 0.15) is 31.8 Å². The molecular formula is C15H24N6. The lowest BCUT2D eigenvalue weighted by atomic mass is 10.3. The largest absolute Gasteiger partial charge is 0.370 e. The summed E-state index contributed by atoms with van der Waals surface area (Å²) in [4.78, 5) is 9.06. The zero-order valence-electron chi connectivity index (χ0n) is 13.1. The second-order valence-corrected chi connectivity index (χ2v) is 4.99. The minimum Gasteiger partial charge on any atom is -0.370 e. The Balaban J connectivity index is 1.97. The van der Waals surface area contributed by atoms with Gasteiger partial charge in [-0.2, -0.15) is 5.10 Å². The van der Waals surface area contributed by atoms with E-state index in [0.29, 0.717) is 0 Å². The van der Waals surface area contributed by atoms with E-state index in [9.17, 15) is 0 Å². The molecule has 0 aromatic carbocycles. The summed E-state index contributed by atoms with van der Waals surface area (Å²) in [6.45, 7) is 5.87. The van der Waals surface area contributed by atoms with Gasteiger partial charge in [0.2, 0.25) is 0 Å². The summed E-state index contributed by atoms with van der Waals surface area (Å²) in [5.74, 6) is 2.65. The van der Waals surface area contributed by atoms with Gasteiger partial charge < -0.3 is 10.6 Å². The standard InChI is InChI=1S/C15H24N6/c1-4-6-13-18-14(16-5-2)11-15(19-13)17-9-7-12-8-10-21(3)20-12/h8,10-11H,4-7,9H2,1-3H3,(H2,16,17,18,19). The van der Waals surface area contributed by atoms with Crippen LogP contribution < -0.4 is 10.6 Å². The van der Waals surface area contributed by atoms with E-state index in [2.05, 4.69) is 39.5 Å². The van der Waals surface area contributed by atoms with Gasteiger partial charge in [-0.3, -0.25) is 4.68 Å². The predicted molar refractivity (Wildman–Crippen MR) is 85.6 cm³/mol. The molecule has 2 rings (SSSR count). The zero-order chi connectivity index (χ0) is 15.1. The van der Waals surface area contributed by atoms with Crippen molar-refractivity contribution in [2.45, 2.75) is 33.1 Å². The first-order chi connectivity index (χ1) is 10.2. The molecular weight excluding hydrogens is 264 g/mol. The van der Waals surface area contributed by atoms with Crippen LogP contribution in [0.4, 0.5) is 11.6 Å². The maximum atomic E-state index is 4.55. The van der Waals surface area contributed by atoms with Crippen LogP contribution in [0.2, 0.25) is 0 Å². The number of nitrogens with one attached hydrogen (secondary N) is 2. The zero-order valence-corrected chi connectivity index (χ0v) is 13.1. The molecule has 114 valence electrons. The lowest BCUT2D eigenvalue weighted by Crippen LogP contribution is -2.10. The lowest BCUT2D eigenvalue weighted by Gasteiger charge is -2.10. The molecule has 0 fully saturated rings. The van der Waals surface area contributed by atoms with Crippen LogP contribution in [0.3, 0.4) is 0 Å². The van der Waals surface area contributed by atoms with Gasteiger partial charge in [-0.05, 0) is 19.4 Å². The number of anilines is 2. The Morgan fingerprint density at radius 2 is 1.86 bits per heavy atom. The number of aryl methyl sites for hydroxylation is 2. The van der Waals surface area contributed by atoms with Gasteiger partial charge in [-0.25, -0.2) is 9.97 Å². The first-order valence-electron chi connectivity index (χ1n) is 7.55. The molecule has 0 spiro atoms. The molecule has 0 saturated heterocycles. The first kappa shape index (κ1) is 15.3. The van der Waals surface area contributed by atoms with Gasteiger partial charge in [0, 0.05) is 45.2 Å². The van der Waals surface area contributed by atoms with Crippen LogP contribution in [0.25, 0.3) is 0 Å². The summed E-state index contributed by atoms with van der Waals surface area (Å²) in [6, 6.07) is 4.00. The molecule has 2 N–H and O–H groups in total. The molecule has 0 saturated carbocycles. The Morgan fingerprint density at radius 3 is 2.48 bits per heavy atom. The third-order valence-electron chi connectivity index (χ3n) is 3.06. The topological polar surface area (TPSA) is 67.7 Å². The molecule has 6 heteroatoms. The van der Waals surface area contributed by atoms with Crippen LogP contribution >= 0.6 is 0 Å². The van der Waals surface area contributed by atoms with E-state index < -0.39 is 0 Å². The number of hydrogen-bond donors (Lipinski definition) is 2. The van der Waals surface area contributed by atoms with Crippen molar-refractivity contribution in [3.05, 3.63) is 29.8 Å². The predicted octanol–water partition coefficient (Wildman–Crippen LogP) is 2.25. The fourth-order valence-corrected chi connectivity index (χ4v) is 2.11. The maximum Gasteiger partial charge on any atom is 0.133 e. The molecule has 0 aliphatic carbocycles. The number of hydrogen-bond acceptors (Lipinski definition) is 5. The van der Waals surface area contributed by atoms with Crippen molar-refractivity contribution < 1.29 is 0 Å². The molecule has 2 aromatic heterocycles. The van der Waals surface area contributed by atoms with Gasteiger partial charge in [0.05, 0.1) is 5.69 Å². The van der Waals surface area contributed by atoms with Crippen molar-refractivity contribution in [2.75, 3.05) is 23.7 Å². The van der Waals surface area contributed by atoms with Gasteiger partial charge >= 0.3 is 0 Å². The first-order valence-corrected chi connectivity index (χ1v) is 7.55. The van der Waals surface area contributed by atoms with Crippen molar-refractivity contribution >= 4 is 11.6 Å². The van der Waals surface area contributed by atoms with Crippen molar-refractivity contribution in [3.63, 3.8) is 0 Å². The van der Waals surface area contributed by atoms with Gasteiger partial charge in [0.15, 0.2) is 0 Å². The van der Waals surface area contributed by atoms with Gasteiger partial charge in [0.25, 0.3) is 0 Å². The second kappa shape index (κ2) is 7.61. The van der Waals surface area contributed by atoms with E-state index >= 15 is 0 Å². The SMILES string of the molecule is CCCc1nc(NCC)cc(NCCc2ccn(C)n2)n1. The number of aromatic nitrogens is 4. The van der Waals surface area contributed by atoms with Crippen LogP contribution in [-0.2, 0) is 19.9 Å². The molecule has 21 heavy (non-hydrogen) atoms. The Kier molecular flexibility index (Phi) is 5.54. The highest BCUT2D eigenvalue weighted by molar-refractivity contribution is 5.47. The highest BCUT2D eigenvalue weighted by Gasteiger charge is 2.04. The van der Waals surface area contributed by atoms with E-state index in [0.717, 1.165) is 55.5 Å². The molecule has 0 atom stereocenters. The molecule has 2 aromatic rings. The van der Waals surface area contributed by atoms with Crippen LogP contribution in [-0.4, -0.2) is 32.8 Å². The number of nitrogens with zero attached hydrogens (tertiary/aromatic N) is 4. The summed E-state index contributed by atoms with van der Waals surface area (Å²) < 4.78 is 1.82. The minimum atomic E-state index is 0.811. The van der Waals surface area contributed by atoms with Gasteiger partial charge in [-0.1, -0.05) is 6.92 Å². The molecule has 6 nitrogen and oxygen atoms in total. The summed E-state index contributed by atoms with van der Waals surface area (Å²) in [5, 5.41) is 11.0. The van der Waals surface area contributed by atoms with Gasteiger partial charge in [0.1, 0.15) is 17.5 Å². The van der Waals surface area contributed by atoms with E-state index in [1.165, 1.54) is 0 Å². The van der Waals surface area contributed by atoms with Gasteiger partial charge in [-0.15, -0.1) is 0 Å². The highest BCUT2D eigenvalue weighted by atomic mass is 15.2. The average molecular weight is 288 g/mol. The van der Waals surface area contributed by atoms with Crippen molar-refractivity contribution in [2.24, 2.45) is 7.05 Å². The normalized spacial score (nSPS) is 10.6. The monoisotopic (exact) mass is 288 g/mol. The maximum absolute atomic E-state index is 4.55. The third-order valence-corrected chi connectivity index (χ3v) is 3.06. The summed E-state index contributed by atoms with van der Waals surface area (Å²) in [6.07, 6.45) is 4.78. The molecule has 0 radical (unpaired) electrons. The summed E-state index contributed by atoms with van der Waals surface area (Å²) in [7, 11) is 1.93.